The third kappa shape index (κ3) is 25.7. The number of alkyl halides is 4. The summed E-state index contributed by atoms with van der Waals surface area (Å²) in [6.07, 6.45) is 0. The number of halogens is 6. The molecule has 34 heavy (non-hydrogen) atoms. The Kier molecular flexibility index (Phi) is 50.5. The van der Waals surface area contributed by atoms with Crippen LogP contribution in [-0.4, -0.2) is 70.5 Å². The van der Waals surface area contributed by atoms with Gasteiger partial charge in [0, 0.05) is 62.8 Å². The molecule has 0 bridgehead atoms. The van der Waals surface area contributed by atoms with Crippen LogP contribution in [0.15, 0.2) is 60.7 Å². The van der Waals surface area contributed by atoms with Crippen molar-refractivity contribution in [1.82, 2.24) is 9.80 Å². The zero-order valence-corrected chi connectivity index (χ0v) is 28.6. The van der Waals surface area contributed by atoms with Crippen LogP contribution in [0.1, 0.15) is 11.1 Å². The van der Waals surface area contributed by atoms with Gasteiger partial charge >= 0.3 is 59.1 Å². The fraction of sp³-hybridized carbons (Fsp3) is 0.455. The Balaban J connectivity index is -0.0000000980. The number of benzene rings is 2. The summed E-state index contributed by atoms with van der Waals surface area (Å²) < 4.78 is 0. The first-order valence-electron chi connectivity index (χ1n) is 9.49. The maximum Gasteiger partial charge on any atom is 1.00 e. The largest absolute Gasteiger partial charge is 1.00 e. The molecule has 0 saturated heterocycles. The number of rotatable bonds is 12. The molecule has 0 atom stereocenters. The fourth-order valence-electron chi connectivity index (χ4n) is 2.70. The van der Waals surface area contributed by atoms with Gasteiger partial charge in [-0.1, -0.05) is 60.7 Å². The molecule has 0 radical (unpaired) electrons. The quantitative estimate of drug-likeness (QED) is 0.183. The monoisotopic (exact) mass is 614 g/mol. The minimum Gasteiger partial charge on any atom is -1.00 e. The zero-order valence-electron chi connectivity index (χ0n) is 20.0. The first-order chi connectivity index (χ1) is 13.7. The number of hydrogen-bond acceptors (Lipinski definition) is 3. The Bertz CT molecular complexity index is 545. The number of hydrogen-bond donors (Lipinski definition) is 0. The van der Waals surface area contributed by atoms with Crippen LogP contribution in [0.4, 0.5) is 0 Å². The van der Waals surface area contributed by atoms with E-state index >= 15 is 0 Å². The average molecular weight is 617 g/mol. The van der Waals surface area contributed by atoms with Crippen molar-refractivity contribution in [3.63, 3.8) is 0 Å². The minimum atomic E-state index is 0. The Morgan fingerprint density at radius 3 is 0.971 bits per heavy atom. The van der Waals surface area contributed by atoms with Crippen LogP contribution < -0.4 is 71.5 Å². The van der Waals surface area contributed by atoms with E-state index in [1.165, 1.54) is 11.1 Å². The molecule has 0 saturated carbocycles. The van der Waals surface area contributed by atoms with E-state index in [1.54, 1.807) is 0 Å². The van der Waals surface area contributed by atoms with Gasteiger partial charge in [0.15, 0.2) is 0 Å². The van der Waals surface area contributed by atoms with Crippen molar-refractivity contribution in [2.24, 2.45) is 0 Å². The summed E-state index contributed by atoms with van der Waals surface area (Å²) in [4.78, 5) is 4.52. The second-order valence-electron chi connectivity index (χ2n) is 6.28. The van der Waals surface area contributed by atoms with Crippen LogP contribution in [0.25, 0.3) is 0 Å². The van der Waals surface area contributed by atoms with Gasteiger partial charge in [0.05, 0.1) is 0 Å². The molecule has 0 fully saturated rings. The van der Waals surface area contributed by atoms with Crippen LogP contribution in [0.2, 0.25) is 0 Å². The molecule has 4 nitrogen and oxygen atoms in total. The summed E-state index contributed by atoms with van der Waals surface area (Å²) >= 11 is 22.9. The van der Waals surface area contributed by atoms with Crippen molar-refractivity contribution in [1.29, 1.82) is 0 Å². The Labute approximate surface area is 282 Å². The number of nitrogens with zero attached hydrogens (tertiary/aromatic N) is 2. The van der Waals surface area contributed by atoms with Gasteiger partial charge in [-0.05, 0) is 11.1 Å². The molecule has 0 amide bonds. The van der Waals surface area contributed by atoms with E-state index in [4.69, 9.17) is 46.4 Å². The van der Waals surface area contributed by atoms with E-state index in [2.05, 4.69) is 58.3 Å². The van der Waals surface area contributed by atoms with Gasteiger partial charge in [-0.3, -0.25) is 9.80 Å². The van der Waals surface area contributed by atoms with Gasteiger partial charge in [-0.25, -0.2) is 0 Å². The van der Waals surface area contributed by atoms with E-state index in [-0.39, 0.29) is 94.9 Å². The Morgan fingerprint density at radius 2 is 0.765 bits per heavy atom. The van der Waals surface area contributed by atoms with Crippen LogP contribution >= 0.6 is 58.8 Å². The summed E-state index contributed by atoms with van der Waals surface area (Å²) in [7, 11) is 0. The molecule has 3 N–H and O–H groups in total. The molecule has 0 heterocycles. The van der Waals surface area contributed by atoms with Crippen molar-refractivity contribution < 1.29 is 82.5 Å². The van der Waals surface area contributed by atoms with E-state index in [1.807, 2.05) is 12.1 Å². The predicted molar refractivity (Wildman–Crippen MR) is 139 cm³/mol. The molecule has 2 rings (SSSR count). The second-order valence-corrected chi connectivity index (χ2v) is 7.79. The summed E-state index contributed by atoms with van der Waals surface area (Å²) in [6.45, 7) is 5.43. The van der Waals surface area contributed by atoms with Crippen LogP contribution in [0.5, 0.6) is 0 Å². The van der Waals surface area contributed by atoms with Gasteiger partial charge < -0.3 is 23.4 Å². The van der Waals surface area contributed by atoms with Gasteiger partial charge in [-0.15, -0.1) is 58.8 Å². The molecule has 0 aliphatic rings. The summed E-state index contributed by atoms with van der Waals surface area (Å²) in [5.74, 6) is 2.63. The Hall–Kier alpha value is 2.02. The molecule has 0 aliphatic heterocycles. The molecule has 0 aromatic heterocycles. The molecule has 0 aliphatic carbocycles. The van der Waals surface area contributed by atoms with E-state index in [9.17, 15) is 0 Å². The summed E-state index contributed by atoms with van der Waals surface area (Å²) in [5.41, 5.74) is 2.62. The van der Waals surface area contributed by atoms with Gasteiger partial charge in [0.1, 0.15) is 0 Å². The average Bonchev–Trinajstić information content (AvgIpc) is 2.71. The summed E-state index contributed by atoms with van der Waals surface area (Å²) in [6, 6.07) is 20.7. The van der Waals surface area contributed by atoms with Crippen molar-refractivity contribution in [2.75, 3.05) is 49.7 Å². The minimum absolute atomic E-state index is 0. The molecule has 0 spiro atoms. The molecular formula is C22H34Cl6N2Na2O2. The molecule has 12 heteroatoms. The first kappa shape index (κ1) is 49.0. The molecule has 0 unspecified atom stereocenters. The normalized spacial score (nSPS) is 8.88. The molecule has 188 valence electrons. The van der Waals surface area contributed by atoms with Crippen LogP contribution in [0, 0.1) is 0 Å². The maximum atomic E-state index is 5.71. The standard InChI is InChI=1S/2C11H15Cl2N.2ClH.2Na.2H2O/c2*12-6-8-14(9-7-13)10-11-4-2-1-3-5-11;;;;;;/h2*1-5H,6-10H2;2*1H;;;2*1H2/q;;;;2*+1;;/p-2. The molecule has 2 aromatic carbocycles. The second kappa shape index (κ2) is 35.0. The van der Waals surface area contributed by atoms with E-state index in [0.29, 0.717) is 23.5 Å². The fourth-order valence-corrected chi connectivity index (χ4v) is 3.66. The van der Waals surface area contributed by atoms with Crippen molar-refractivity contribution in [3.05, 3.63) is 71.8 Å². The summed E-state index contributed by atoms with van der Waals surface area (Å²) in [5, 5.41) is 0. The van der Waals surface area contributed by atoms with Crippen molar-refractivity contribution in [2.45, 2.75) is 13.1 Å². The van der Waals surface area contributed by atoms with E-state index in [0.717, 1.165) is 39.3 Å². The zero-order chi connectivity index (χ0) is 20.5. The van der Waals surface area contributed by atoms with Gasteiger partial charge in [0.25, 0.3) is 0 Å². The predicted octanol–water partition coefficient (Wildman–Crippen LogP) is -3.64. The van der Waals surface area contributed by atoms with Crippen molar-refractivity contribution in [3.8, 4) is 0 Å². The maximum absolute atomic E-state index is 5.71. The van der Waals surface area contributed by atoms with Gasteiger partial charge in [-0.2, -0.15) is 0 Å². The van der Waals surface area contributed by atoms with Crippen LogP contribution in [-0.2, 0) is 13.1 Å². The van der Waals surface area contributed by atoms with Crippen molar-refractivity contribution >= 4 is 58.8 Å². The topological polar surface area (TPSA) is 68.0 Å². The smallest absolute Gasteiger partial charge is 1.00 e. The third-order valence-electron chi connectivity index (χ3n) is 4.10. The van der Waals surface area contributed by atoms with Gasteiger partial charge in [0.2, 0.25) is 0 Å². The van der Waals surface area contributed by atoms with Crippen LogP contribution in [0.3, 0.4) is 0 Å². The third-order valence-corrected chi connectivity index (χ3v) is 4.78. The SMILES string of the molecule is Cl.ClCCN(CCCl)Cc1ccccc1.ClCCN(CCCl)Cc1ccccc1.O.[Cl-].[Na+].[Na+].[OH-]. The molecule has 2 aromatic rings. The Morgan fingerprint density at radius 1 is 0.529 bits per heavy atom. The molecular weight excluding hydrogens is 583 g/mol. The first-order valence-corrected chi connectivity index (χ1v) is 11.6. The van der Waals surface area contributed by atoms with E-state index < -0.39 is 0 Å².